The van der Waals surface area contributed by atoms with Gasteiger partial charge in [-0.15, -0.1) is 0 Å². The second-order valence-corrected chi connectivity index (χ2v) is 7.01. The maximum Gasteiger partial charge on any atom is 0.332 e. The van der Waals surface area contributed by atoms with E-state index in [2.05, 4.69) is 30.7 Å². The lowest BCUT2D eigenvalue weighted by Gasteiger charge is -2.35. The largest absolute Gasteiger partial charge is 0.373 e. The first-order valence-corrected chi connectivity index (χ1v) is 8.86. The summed E-state index contributed by atoms with van der Waals surface area (Å²) in [6.07, 6.45) is 1.23. The van der Waals surface area contributed by atoms with Crippen molar-refractivity contribution in [2.45, 2.75) is 52.5 Å². The molecule has 0 spiro atoms. The van der Waals surface area contributed by atoms with E-state index in [0.717, 1.165) is 29.9 Å². The number of aryl methyl sites for hydroxylation is 2. The molecule has 8 nitrogen and oxygen atoms in total. The number of hydrogen-bond acceptors (Lipinski definition) is 5. The highest BCUT2D eigenvalue weighted by Gasteiger charge is 2.25. The first-order chi connectivity index (χ1) is 11.8. The summed E-state index contributed by atoms with van der Waals surface area (Å²) in [6, 6.07) is 0. The molecule has 0 unspecified atom stereocenters. The molecule has 1 aliphatic rings. The number of fused-ring (bicyclic) bond motifs is 1. The number of rotatable bonds is 4. The zero-order valence-electron chi connectivity index (χ0n) is 15.7. The molecular formula is C17H27N5O3. The molecule has 1 fully saturated rings. The fourth-order valence-electron chi connectivity index (χ4n) is 3.69. The van der Waals surface area contributed by atoms with Crippen LogP contribution in [-0.4, -0.2) is 48.9 Å². The van der Waals surface area contributed by atoms with E-state index in [9.17, 15) is 9.59 Å². The highest BCUT2D eigenvalue weighted by atomic mass is 16.5. The van der Waals surface area contributed by atoms with Gasteiger partial charge in [-0.2, -0.15) is 0 Å². The first kappa shape index (κ1) is 17.9. The monoisotopic (exact) mass is 349 g/mol. The number of aromatic nitrogens is 4. The number of nitrogens with zero attached hydrogens (tertiary/aromatic N) is 5. The van der Waals surface area contributed by atoms with E-state index < -0.39 is 0 Å². The molecule has 138 valence electrons. The zero-order valence-corrected chi connectivity index (χ0v) is 15.7. The molecule has 2 atom stereocenters. The van der Waals surface area contributed by atoms with Crippen LogP contribution in [0.1, 0.15) is 33.0 Å². The summed E-state index contributed by atoms with van der Waals surface area (Å²) < 4.78 is 10.4. The van der Waals surface area contributed by atoms with Crippen LogP contribution in [0.4, 0.5) is 0 Å². The van der Waals surface area contributed by atoms with Crippen LogP contribution in [0.5, 0.6) is 0 Å². The van der Waals surface area contributed by atoms with Crippen molar-refractivity contribution >= 4 is 11.2 Å². The van der Waals surface area contributed by atoms with Gasteiger partial charge in [0.1, 0.15) is 5.82 Å². The molecule has 0 bridgehead atoms. The van der Waals surface area contributed by atoms with Gasteiger partial charge < -0.3 is 9.30 Å². The molecule has 2 aromatic heterocycles. The Morgan fingerprint density at radius 3 is 2.36 bits per heavy atom. The van der Waals surface area contributed by atoms with Crippen molar-refractivity contribution in [3.63, 3.8) is 0 Å². The molecule has 0 aromatic carbocycles. The van der Waals surface area contributed by atoms with Gasteiger partial charge in [0, 0.05) is 33.7 Å². The quantitative estimate of drug-likeness (QED) is 0.801. The minimum atomic E-state index is -0.348. The molecule has 0 radical (unpaired) electrons. The Balaban J connectivity index is 2.10. The van der Waals surface area contributed by atoms with Gasteiger partial charge in [-0.1, -0.05) is 6.92 Å². The van der Waals surface area contributed by atoms with Crippen LogP contribution in [0.15, 0.2) is 9.59 Å². The molecular weight excluding hydrogens is 322 g/mol. The molecule has 0 amide bonds. The van der Waals surface area contributed by atoms with Crippen molar-refractivity contribution in [2.24, 2.45) is 14.1 Å². The smallest absolute Gasteiger partial charge is 0.332 e. The van der Waals surface area contributed by atoms with Gasteiger partial charge >= 0.3 is 5.69 Å². The minimum Gasteiger partial charge on any atom is -0.373 e. The van der Waals surface area contributed by atoms with Crippen LogP contribution in [0, 0.1) is 0 Å². The molecule has 0 aliphatic carbocycles. The lowest BCUT2D eigenvalue weighted by atomic mass is 10.2. The fourth-order valence-corrected chi connectivity index (χ4v) is 3.69. The van der Waals surface area contributed by atoms with Crippen molar-refractivity contribution in [2.75, 3.05) is 13.1 Å². The van der Waals surface area contributed by atoms with E-state index in [1.807, 2.05) is 4.57 Å². The Kier molecular flexibility index (Phi) is 4.83. The molecule has 25 heavy (non-hydrogen) atoms. The summed E-state index contributed by atoms with van der Waals surface area (Å²) in [5.41, 5.74) is 0.342. The Hall–Kier alpha value is -1.93. The summed E-state index contributed by atoms with van der Waals surface area (Å²) in [6.45, 7) is 9.21. The highest BCUT2D eigenvalue weighted by molar-refractivity contribution is 5.71. The van der Waals surface area contributed by atoms with Crippen molar-refractivity contribution in [1.82, 2.24) is 23.6 Å². The van der Waals surface area contributed by atoms with Crippen molar-refractivity contribution < 1.29 is 4.74 Å². The Morgan fingerprint density at radius 2 is 1.76 bits per heavy atom. The molecule has 2 aromatic rings. The predicted octanol–water partition coefficient (Wildman–Crippen LogP) is 0.453. The summed E-state index contributed by atoms with van der Waals surface area (Å²) in [5, 5.41) is 0. The van der Waals surface area contributed by atoms with Gasteiger partial charge in [-0.05, 0) is 20.3 Å². The van der Waals surface area contributed by atoms with Crippen molar-refractivity contribution in [1.29, 1.82) is 0 Å². The maximum absolute atomic E-state index is 12.7. The van der Waals surface area contributed by atoms with Gasteiger partial charge in [-0.25, -0.2) is 9.78 Å². The first-order valence-electron chi connectivity index (χ1n) is 8.86. The summed E-state index contributed by atoms with van der Waals surface area (Å²) in [5.74, 6) is 0.830. The summed E-state index contributed by atoms with van der Waals surface area (Å²) in [7, 11) is 3.18. The van der Waals surface area contributed by atoms with E-state index in [1.165, 1.54) is 11.6 Å². The van der Waals surface area contributed by atoms with Gasteiger partial charge in [0.05, 0.1) is 18.8 Å². The maximum atomic E-state index is 12.7. The Bertz CT molecular complexity index is 884. The van der Waals surface area contributed by atoms with E-state index in [0.29, 0.717) is 24.3 Å². The van der Waals surface area contributed by atoms with Crippen LogP contribution in [0.2, 0.25) is 0 Å². The van der Waals surface area contributed by atoms with E-state index in [4.69, 9.17) is 4.74 Å². The SMILES string of the molecule is CCCn1c(CN2C[C@@H](C)O[C@H](C)C2)nc2c1c(=O)n(C)c(=O)n2C. The highest BCUT2D eigenvalue weighted by Crippen LogP contribution is 2.17. The lowest BCUT2D eigenvalue weighted by molar-refractivity contribution is -0.0712. The Labute approximate surface area is 146 Å². The molecule has 3 rings (SSSR count). The van der Waals surface area contributed by atoms with E-state index in [-0.39, 0.29) is 23.5 Å². The predicted molar refractivity (Wildman–Crippen MR) is 95.8 cm³/mol. The van der Waals surface area contributed by atoms with E-state index >= 15 is 0 Å². The van der Waals surface area contributed by atoms with Crippen LogP contribution >= 0.6 is 0 Å². The van der Waals surface area contributed by atoms with Gasteiger partial charge in [-0.3, -0.25) is 18.8 Å². The number of morpholine rings is 1. The molecule has 8 heteroatoms. The third-order valence-corrected chi connectivity index (χ3v) is 4.73. The molecule has 1 saturated heterocycles. The number of imidazole rings is 1. The second-order valence-electron chi connectivity index (χ2n) is 7.01. The van der Waals surface area contributed by atoms with Crippen LogP contribution < -0.4 is 11.2 Å². The van der Waals surface area contributed by atoms with Gasteiger partial charge in [0.2, 0.25) is 0 Å². The molecule has 3 heterocycles. The summed E-state index contributed by atoms with van der Waals surface area (Å²) >= 11 is 0. The average Bonchev–Trinajstić information content (AvgIpc) is 2.89. The third kappa shape index (κ3) is 3.16. The minimum absolute atomic E-state index is 0.171. The van der Waals surface area contributed by atoms with Gasteiger partial charge in [0.25, 0.3) is 5.56 Å². The number of hydrogen-bond donors (Lipinski definition) is 0. The summed E-state index contributed by atoms with van der Waals surface area (Å²) in [4.78, 5) is 31.8. The standard InChI is InChI=1S/C17H27N5O3/c1-6-7-22-13(10-21-8-11(2)25-12(3)9-21)18-15-14(22)16(23)20(5)17(24)19(15)4/h11-12H,6-10H2,1-5H3/t11-,12-/m1/s1. The Morgan fingerprint density at radius 1 is 1.12 bits per heavy atom. The number of ether oxygens (including phenoxy) is 1. The molecule has 0 saturated carbocycles. The van der Waals surface area contributed by atoms with Crippen molar-refractivity contribution in [3.05, 3.63) is 26.7 Å². The van der Waals surface area contributed by atoms with Gasteiger partial charge in [0.15, 0.2) is 11.2 Å². The van der Waals surface area contributed by atoms with Crippen LogP contribution in [0.3, 0.4) is 0 Å². The third-order valence-electron chi connectivity index (χ3n) is 4.73. The van der Waals surface area contributed by atoms with Crippen molar-refractivity contribution in [3.8, 4) is 0 Å². The molecule has 0 N–H and O–H groups in total. The zero-order chi connectivity index (χ0) is 18.3. The van der Waals surface area contributed by atoms with E-state index in [1.54, 1.807) is 7.05 Å². The topological polar surface area (TPSA) is 74.3 Å². The molecule has 1 aliphatic heterocycles. The van der Waals surface area contributed by atoms with Crippen LogP contribution in [-0.2, 0) is 31.9 Å². The normalized spacial score (nSPS) is 22.0. The second kappa shape index (κ2) is 6.76. The lowest BCUT2D eigenvalue weighted by Crippen LogP contribution is -2.45. The average molecular weight is 349 g/mol. The van der Waals surface area contributed by atoms with Crippen LogP contribution in [0.25, 0.3) is 11.2 Å². The fraction of sp³-hybridized carbons (Fsp3) is 0.706.